The number of piperidine rings is 1. The van der Waals surface area contributed by atoms with E-state index in [2.05, 4.69) is 15.2 Å². The van der Waals surface area contributed by atoms with Crippen LogP contribution in [0.3, 0.4) is 0 Å². The number of aliphatic hydroxyl groups excluding tert-OH is 1. The SMILES string of the molecule is CC(O)C1CCN(C(C)C(=O)Nc2cccnc2Cl)CC1. The van der Waals surface area contributed by atoms with Crippen LogP contribution in [0.2, 0.25) is 5.15 Å². The van der Waals surface area contributed by atoms with Gasteiger partial charge in [0.05, 0.1) is 17.8 Å². The molecule has 0 radical (unpaired) electrons. The summed E-state index contributed by atoms with van der Waals surface area (Å²) in [5, 5.41) is 12.7. The number of nitrogens with one attached hydrogen (secondary N) is 1. The number of aromatic nitrogens is 1. The largest absolute Gasteiger partial charge is 0.393 e. The highest BCUT2D eigenvalue weighted by atomic mass is 35.5. The predicted octanol–water partition coefficient (Wildman–Crippen LogP) is 2.15. The number of amides is 1. The highest BCUT2D eigenvalue weighted by Crippen LogP contribution is 2.23. The van der Waals surface area contributed by atoms with Crippen molar-refractivity contribution in [1.29, 1.82) is 0 Å². The molecule has 0 spiro atoms. The van der Waals surface area contributed by atoms with Crippen molar-refractivity contribution in [2.45, 2.75) is 38.8 Å². The predicted molar refractivity (Wildman–Crippen MR) is 83.3 cm³/mol. The molecule has 2 N–H and O–H groups in total. The molecule has 0 saturated carbocycles. The van der Waals surface area contributed by atoms with E-state index in [9.17, 15) is 9.90 Å². The zero-order chi connectivity index (χ0) is 15.4. The summed E-state index contributed by atoms with van der Waals surface area (Å²) in [6.45, 7) is 5.37. The van der Waals surface area contributed by atoms with E-state index in [1.54, 1.807) is 18.3 Å². The average Bonchev–Trinajstić information content (AvgIpc) is 2.49. The van der Waals surface area contributed by atoms with Gasteiger partial charge in [-0.25, -0.2) is 4.98 Å². The van der Waals surface area contributed by atoms with Gasteiger partial charge in [0.1, 0.15) is 0 Å². The van der Waals surface area contributed by atoms with Gasteiger partial charge in [0, 0.05) is 6.20 Å². The summed E-state index contributed by atoms with van der Waals surface area (Å²) in [5.74, 6) is 0.254. The van der Waals surface area contributed by atoms with Crippen LogP contribution in [0.15, 0.2) is 18.3 Å². The van der Waals surface area contributed by atoms with Crippen LogP contribution >= 0.6 is 11.6 Å². The Hall–Kier alpha value is -1.17. The lowest BCUT2D eigenvalue weighted by Crippen LogP contribution is -2.47. The minimum absolute atomic E-state index is 0.0830. The molecule has 1 aromatic rings. The average molecular weight is 312 g/mol. The molecule has 116 valence electrons. The highest BCUT2D eigenvalue weighted by Gasteiger charge is 2.28. The first-order valence-corrected chi connectivity index (χ1v) is 7.70. The van der Waals surface area contributed by atoms with Crippen LogP contribution in [0.4, 0.5) is 5.69 Å². The normalized spacial score (nSPS) is 20.0. The van der Waals surface area contributed by atoms with E-state index in [4.69, 9.17) is 11.6 Å². The number of halogens is 1. The Labute approximate surface area is 130 Å². The smallest absolute Gasteiger partial charge is 0.241 e. The Bertz CT molecular complexity index is 488. The first-order valence-electron chi connectivity index (χ1n) is 7.32. The monoisotopic (exact) mass is 311 g/mol. The van der Waals surface area contributed by atoms with Crippen molar-refractivity contribution in [3.63, 3.8) is 0 Å². The Balaban J connectivity index is 1.90. The van der Waals surface area contributed by atoms with E-state index in [0.717, 1.165) is 25.9 Å². The summed E-state index contributed by atoms with van der Waals surface area (Å²) in [7, 11) is 0. The van der Waals surface area contributed by atoms with Gasteiger partial charge >= 0.3 is 0 Å². The molecule has 2 heterocycles. The highest BCUT2D eigenvalue weighted by molar-refractivity contribution is 6.32. The molecular formula is C15H22ClN3O2. The minimum Gasteiger partial charge on any atom is -0.393 e. The van der Waals surface area contributed by atoms with Crippen LogP contribution in [-0.2, 0) is 4.79 Å². The number of carbonyl (C=O) groups is 1. The van der Waals surface area contributed by atoms with Crippen molar-refractivity contribution in [2.24, 2.45) is 5.92 Å². The second-order valence-electron chi connectivity index (χ2n) is 5.62. The number of hydrogen-bond donors (Lipinski definition) is 2. The molecule has 0 aliphatic carbocycles. The van der Waals surface area contributed by atoms with Gasteiger partial charge in [-0.2, -0.15) is 0 Å². The second kappa shape index (κ2) is 7.20. The lowest BCUT2D eigenvalue weighted by molar-refractivity contribution is -0.121. The number of nitrogens with zero attached hydrogens (tertiary/aromatic N) is 2. The Kier molecular flexibility index (Phi) is 5.56. The van der Waals surface area contributed by atoms with Crippen molar-refractivity contribution in [3.05, 3.63) is 23.5 Å². The molecule has 2 rings (SSSR count). The number of rotatable bonds is 4. The fourth-order valence-electron chi connectivity index (χ4n) is 2.67. The number of anilines is 1. The first kappa shape index (κ1) is 16.2. The van der Waals surface area contributed by atoms with Gasteiger partial charge in [-0.15, -0.1) is 0 Å². The quantitative estimate of drug-likeness (QED) is 0.836. The fourth-order valence-corrected chi connectivity index (χ4v) is 2.84. The molecule has 0 bridgehead atoms. The molecule has 1 fully saturated rings. The van der Waals surface area contributed by atoms with Gasteiger partial charge in [-0.3, -0.25) is 9.69 Å². The first-order chi connectivity index (χ1) is 9.99. The summed E-state index contributed by atoms with van der Waals surface area (Å²) in [4.78, 5) is 18.4. The van der Waals surface area contributed by atoms with Gasteiger partial charge in [0.25, 0.3) is 0 Å². The maximum Gasteiger partial charge on any atom is 0.241 e. The van der Waals surface area contributed by atoms with Gasteiger partial charge < -0.3 is 10.4 Å². The van der Waals surface area contributed by atoms with Crippen LogP contribution in [0.5, 0.6) is 0 Å². The number of pyridine rings is 1. The lowest BCUT2D eigenvalue weighted by Gasteiger charge is -2.36. The van der Waals surface area contributed by atoms with Crippen molar-refractivity contribution >= 4 is 23.2 Å². The molecule has 1 saturated heterocycles. The summed E-state index contributed by atoms with van der Waals surface area (Å²) in [6, 6.07) is 3.25. The molecule has 1 aromatic heterocycles. The van der Waals surface area contributed by atoms with Crippen LogP contribution in [0.25, 0.3) is 0 Å². The lowest BCUT2D eigenvalue weighted by atomic mass is 9.91. The van der Waals surface area contributed by atoms with Crippen LogP contribution in [-0.4, -0.2) is 46.1 Å². The Morgan fingerprint density at radius 1 is 1.48 bits per heavy atom. The summed E-state index contributed by atoms with van der Waals surface area (Å²) >= 11 is 5.95. The van der Waals surface area contributed by atoms with Crippen molar-refractivity contribution < 1.29 is 9.90 Å². The van der Waals surface area contributed by atoms with E-state index in [1.807, 2.05) is 13.8 Å². The van der Waals surface area contributed by atoms with Crippen LogP contribution in [0, 0.1) is 5.92 Å². The van der Waals surface area contributed by atoms with E-state index < -0.39 is 0 Å². The minimum atomic E-state index is -0.273. The number of carbonyl (C=O) groups excluding carboxylic acids is 1. The zero-order valence-electron chi connectivity index (χ0n) is 12.4. The molecular weight excluding hydrogens is 290 g/mol. The molecule has 6 heteroatoms. The third kappa shape index (κ3) is 4.15. The number of likely N-dealkylation sites (tertiary alicyclic amines) is 1. The third-order valence-electron chi connectivity index (χ3n) is 4.20. The maximum atomic E-state index is 12.3. The van der Waals surface area contributed by atoms with Crippen molar-refractivity contribution in [1.82, 2.24) is 9.88 Å². The van der Waals surface area contributed by atoms with Gasteiger partial charge in [0.15, 0.2) is 5.15 Å². The van der Waals surface area contributed by atoms with Gasteiger partial charge in [-0.1, -0.05) is 11.6 Å². The van der Waals surface area contributed by atoms with E-state index in [1.165, 1.54) is 0 Å². The second-order valence-corrected chi connectivity index (χ2v) is 5.98. The topological polar surface area (TPSA) is 65.5 Å². The summed E-state index contributed by atoms with van der Waals surface area (Å²) < 4.78 is 0. The Morgan fingerprint density at radius 3 is 2.71 bits per heavy atom. The van der Waals surface area contributed by atoms with Crippen molar-refractivity contribution in [3.8, 4) is 0 Å². The van der Waals surface area contributed by atoms with E-state index in [0.29, 0.717) is 16.8 Å². The number of aliphatic hydroxyl groups is 1. The van der Waals surface area contributed by atoms with Crippen LogP contribution < -0.4 is 5.32 Å². The van der Waals surface area contributed by atoms with E-state index >= 15 is 0 Å². The molecule has 1 aliphatic rings. The summed E-state index contributed by atoms with van der Waals surface area (Å²) in [5.41, 5.74) is 0.537. The maximum absolute atomic E-state index is 12.3. The fraction of sp³-hybridized carbons (Fsp3) is 0.600. The molecule has 1 aliphatic heterocycles. The zero-order valence-corrected chi connectivity index (χ0v) is 13.2. The molecule has 1 amide bonds. The summed E-state index contributed by atoms with van der Waals surface area (Å²) in [6.07, 6.45) is 3.15. The standard InChI is InChI=1S/C15H22ClN3O2/c1-10(19-8-5-12(6-9-19)11(2)20)15(21)18-13-4-3-7-17-14(13)16/h3-4,7,10-12,20H,5-6,8-9H2,1-2H3,(H,18,21). The molecule has 2 unspecified atom stereocenters. The molecule has 21 heavy (non-hydrogen) atoms. The van der Waals surface area contributed by atoms with Crippen molar-refractivity contribution in [2.75, 3.05) is 18.4 Å². The number of hydrogen-bond acceptors (Lipinski definition) is 4. The van der Waals surface area contributed by atoms with E-state index in [-0.39, 0.29) is 18.1 Å². The van der Waals surface area contributed by atoms with Gasteiger partial charge in [-0.05, 0) is 57.8 Å². The van der Waals surface area contributed by atoms with Gasteiger partial charge in [0.2, 0.25) is 5.91 Å². The molecule has 0 aromatic carbocycles. The Morgan fingerprint density at radius 2 is 2.14 bits per heavy atom. The van der Waals surface area contributed by atoms with Crippen LogP contribution in [0.1, 0.15) is 26.7 Å². The third-order valence-corrected chi connectivity index (χ3v) is 4.50. The molecule has 5 nitrogen and oxygen atoms in total. The molecule has 2 atom stereocenters.